The van der Waals surface area contributed by atoms with Gasteiger partial charge in [-0.2, -0.15) is 0 Å². The van der Waals surface area contributed by atoms with Crippen molar-refractivity contribution in [3.63, 3.8) is 0 Å². The molecule has 0 radical (unpaired) electrons. The van der Waals surface area contributed by atoms with Crippen LogP contribution < -0.4 is 5.73 Å². The number of nitrogen functional groups attached to an aromatic ring is 1. The van der Waals surface area contributed by atoms with Gasteiger partial charge in [0, 0.05) is 5.69 Å². The Morgan fingerprint density at radius 3 is 2.06 bits per heavy atom. The quantitative estimate of drug-likeness (QED) is 0.439. The average Bonchev–Trinajstić information content (AvgIpc) is 2.29. The molecule has 0 aromatic heterocycles. The first-order valence-corrected chi connectivity index (χ1v) is 5.43. The number of hydrogen-bond acceptors (Lipinski definition) is 1. The maximum atomic E-state index is 5.85. The standard InChI is InChI=1S/C15H13N/c1-10-2-3-11-4-5-12-6-7-13(16)9-15(12)14(11)8-10/h2-9H,16H2,1H3. The minimum atomic E-state index is 0.821. The molecule has 0 spiro atoms. The highest BCUT2D eigenvalue weighted by atomic mass is 14.5. The molecule has 0 fully saturated rings. The third-order valence-electron chi connectivity index (χ3n) is 3.02. The van der Waals surface area contributed by atoms with Crippen molar-refractivity contribution in [1.82, 2.24) is 0 Å². The number of hydrogen-bond donors (Lipinski definition) is 1. The largest absolute Gasteiger partial charge is 0.399 e. The van der Waals surface area contributed by atoms with Gasteiger partial charge in [0.25, 0.3) is 0 Å². The van der Waals surface area contributed by atoms with E-state index >= 15 is 0 Å². The van der Waals surface area contributed by atoms with E-state index in [0.717, 1.165) is 5.69 Å². The Balaban J connectivity index is 2.55. The molecule has 0 saturated carbocycles. The summed E-state index contributed by atoms with van der Waals surface area (Å²) in [7, 11) is 0. The lowest BCUT2D eigenvalue weighted by atomic mass is 10.00. The zero-order chi connectivity index (χ0) is 11.1. The molecular weight excluding hydrogens is 194 g/mol. The van der Waals surface area contributed by atoms with E-state index in [1.54, 1.807) is 0 Å². The van der Waals surface area contributed by atoms with Crippen LogP contribution in [-0.4, -0.2) is 0 Å². The molecule has 0 bridgehead atoms. The van der Waals surface area contributed by atoms with Gasteiger partial charge in [-0.3, -0.25) is 0 Å². The first-order chi connectivity index (χ1) is 7.74. The monoisotopic (exact) mass is 207 g/mol. The second kappa shape index (κ2) is 3.24. The van der Waals surface area contributed by atoms with Gasteiger partial charge in [-0.1, -0.05) is 42.0 Å². The Labute approximate surface area is 94.5 Å². The molecule has 0 unspecified atom stereocenters. The molecule has 78 valence electrons. The van der Waals surface area contributed by atoms with Crippen LogP contribution in [0.4, 0.5) is 5.69 Å². The number of aryl methyl sites for hydroxylation is 1. The molecule has 0 heterocycles. The number of fused-ring (bicyclic) bond motifs is 3. The predicted octanol–water partition coefficient (Wildman–Crippen LogP) is 3.88. The summed E-state index contributed by atoms with van der Waals surface area (Å²) < 4.78 is 0. The second-order valence-corrected chi connectivity index (χ2v) is 4.27. The molecule has 3 aromatic rings. The van der Waals surface area contributed by atoms with Gasteiger partial charge in [0.1, 0.15) is 0 Å². The fraction of sp³-hybridized carbons (Fsp3) is 0.0667. The van der Waals surface area contributed by atoms with E-state index in [4.69, 9.17) is 5.73 Å². The summed E-state index contributed by atoms with van der Waals surface area (Å²) in [4.78, 5) is 0. The second-order valence-electron chi connectivity index (χ2n) is 4.27. The van der Waals surface area contributed by atoms with E-state index < -0.39 is 0 Å². The maximum absolute atomic E-state index is 5.85. The number of anilines is 1. The van der Waals surface area contributed by atoms with E-state index in [2.05, 4.69) is 49.4 Å². The van der Waals surface area contributed by atoms with Gasteiger partial charge in [-0.25, -0.2) is 0 Å². The number of nitrogens with two attached hydrogens (primary N) is 1. The zero-order valence-corrected chi connectivity index (χ0v) is 9.20. The van der Waals surface area contributed by atoms with Gasteiger partial charge in [0.05, 0.1) is 0 Å². The minimum Gasteiger partial charge on any atom is -0.399 e. The van der Waals surface area contributed by atoms with Crippen LogP contribution in [0.2, 0.25) is 0 Å². The first kappa shape index (κ1) is 9.22. The molecule has 0 saturated heterocycles. The highest BCUT2D eigenvalue weighted by molar-refractivity contribution is 6.08. The van der Waals surface area contributed by atoms with Gasteiger partial charge in [0.15, 0.2) is 0 Å². The van der Waals surface area contributed by atoms with Crippen LogP contribution in [0.15, 0.2) is 48.5 Å². The lowest BCUT2D eigenvalue weighted by Gasteiger charge is -2.05. The summed E-state index contributed by atoms with van der Waals surface area (Å²) in [6, 6.07) is 16.9. The van der Waals surface area contributed by atoms with Gasteiger partial charge in [-0.05, 0) is 40.6 Å². The van der Waals surface area contributed by atoms with Crippen molar-refractivity contribution in [1.29, 1.82) is 0 Å². The van der Waals surface area contributed by atoms with Crippen LogP contribution in [0.3, 0.4) is 0 Å². The van der Waals surface area contributed by atoms with Gasteiger partial charge in [0.2, 0.25) is 0 Å². The van der Waals surface area contributed by atoms with Gasteiger partial charge >= 0.3 is 0 Å². The molecule has 0 aliphatic rings. The van der Waals surface area contributed by atoms with E-state index in [0.29, 0.717) is 0 Å². The zero-order valence-electron chi connectivity index (χ0n) is 9.20. The molecule has 0 amide bonds. The number of rotatable bonds is 0. The van der Waals surface area contributed by atoms with E-state index in [1.165, 1.54) is 27.1 Å². The molecule has 2 N–H and O–H groups in total. The van der Waals surface area contributed by atoms with Crippen LogP contribution in [0.5, 0.6) is 0 Å². The van der Waals surface area contributed by atoms with Crippen LogP contribution in [0, 0.1) is 6.92 Å². The summed E-state index contributed by atoms with van der Waals surface area (Å²) in [5, 5.41) is 5.03. The maximum Gasteiger partial charge on any atom is 0.0320 e. The molecule has 1 nitrogen and oxygen atoms in total. The van der Waals surface area contributed by atoms with Crippen LogP contribution in [0.25, 0.3) is 21.5 Å². The highest BCUT2D eigenvalue weighted by Gasteiger charge is 2.00. The summed E-state index contributed by atoms with van der Waals surface area (Å²) in [6.45, 7) is 2.12. The minimum absolute atomic E-state index is 0.821. The highest BCUT2D eigenvalue weighted by Crippen LogP contribution is 2.27. The lowest BCUT2D eigenvalue weighted by molar-refractivity contribution is 1.51. The van der Waals surface area contributed by atoms with Crippen molar-refractivity contribution in [3.8, 4) is 0 Å². The average molecular weight is 207 g/mol. The van der Waals surface area contributed by atoms with Crippen molar-refractivity contribution in [3.05, 3.63) is 54.1 Å². The van der Waals surface area contributed by atoms with Crippen molar-refractivity contribution in [2.75, 3.05) is 5.73 Å². The Bertz CT molecular complexity index is 623. The normalized spacial score (nSPS) is 11.1. The van der Waals surface area contributed by atoms with E-state index in [1.807, 2.05) is 6.07 Å². The van der Waals surface area contributed by atoms with Crippen LogP contribution in [-0.2, 0) is 0 Å². The topological polar surface area (TPSA) is 26.0 Å². The molecular formula is C15H13N. The molecule has 3 aromatic carbocycles. The van der Waals surface area contributed by atoms with Crippen molar-refractivity contribution < 1.29 is 0 Å². The van der Waals surface area contributed by atoms with E-state index in [9.17, 15) is 0 Å². The fourth-order valence-corrected chi connectivity index (χ4v) is 2.18. The Morgan fingerprint density at radius 2 is 1.31 bits per heavy atom. The molecule has 0 aliphatic carbocycles. The van der Waals surface area contributed by atoms with Gasteiger partial charge in [-0.15, -0.1) is 0 Å². The fourth-order valence-electron chi connectivity index (χ4n) is 2.18. The molecule has 0 aliphatic heterocycles. The van der Waals surface area contributed by atoms with E-state index in [-0.39, 0.29) is 0 Å². The van der Waals surface area contributed by atoms with Crippen molar-refractivity contribution in [2.24, 2.45) is 0 Å². The predicted molar refractivity (Wildman–Crippen MR) is 70.6 cm³/mol. The first-order valence-electron chi connectivity index (χ1n) is 5.43. The Hall–Kier alpha value is -2.02. The van der Waals surface area contributed by atoms with Crippen molar-refractivity contribution >= 4 is 27.2 Å². The molecule has 16 heavy (non-hydrogen) atoms. The third-order valence-corrected chi connectivity index (χ3v) is 3.02. The Morgan fingerprint density at radius 1 is 0.750 bits per heavy atom. The van der Waals surface area contributed by atoms with Crippen LogP contribution >= 0.6 is 0 Å². The summed E-state index contributed by atoms with van der Waals surface area (Å²) in [5.41, 5.74) is 7.95. The smallest absolute Gasteiger partial charge is 0.0320 e. The molecule has 1 heteroatoms. The Kier molecular flexibility index (Phi) is 1.87. The summed E-state index contributed by atoms with van der Waals surface area (Å²) in [6.07, 6.45) is 0. The van der Waals surface area contributed by atoms with Gasteiger partial charge < -0.3 is 5.73 Å². The lowest BCUT2D eigenvalue weighted by Crippen LogP contribution is -1.85. The summed E-state index contributed by atoms with van der Waals surface area (Å²) >= 11 is 0. The molecule has 3 rings (SSSR count). The summed E-state index contributed by atoms with van der Waals surface area (Å²) in [5.74, 6) is 0. The molecule has 0 atom stereocenters. The SMILES string of the molecule is Cc1ccc2ccc3ccc(N)cc3c2c1. The third kappa shape index (κ3) is 1.33. The van der Waals surface area contributed by atoms with Crippen molar-refractivity contribution in [2.45, 2.75) is 6.92 Å². The van der Waals surface area contributed by atoms with Crippen LogP contribution in [0.1, 0.15) is 5.56 Å². The number of benzene rings is 3.